The fourth-order valence-corrected chi connectivity index (χ4v) is 2.35. The van der Waals surface area contributed by atoms with E-state index in [1.54, 1.807) is 0 Å². The minimum absolute atomic E-state index is 0.202. The van der Waals surface area contributed by atoms with Crippen LogP contribution in [0.2, 0.25) is 0 Å². The van der Waals surface area contributed by atoms with Crippen LogP contribution < -0.4 is 16.0 Å². The van der Waals surface area contributed by atoms with Crippen LogP contribution in [0.4, 0.5) is 21.8 Å². The van der Waals surface area contributed by atoms with E-state index in [0.717, 1.165) is 31.6 Å². The van der Waals surface area contributed by atoms with E-state index in [1.807, 2.05) is 30.3 Å². The van der Waals surface area contributed by atoms with Crippen LogP contribution in [0.25, 0.3) is 0 Å². The molecule has 1 aliphatic heterocycles. The first-order chi connectivity index (χ1) is 10.3. The number of para-hydroxylation sites is 1. The van der Waals surface area contributed by atoms with E-state index < -0.39 is 5.82 Å². The number of halogens is 1. The third-order valence-electron chi connectivity index (χ3n) is 3.41. The first kappa shape index (κ1) is 13.8. The number of nitrogens with zero attached hydrogens (tertiary/aromatic N) is 2. The van der Waals surface area contributed by atoms with Gasteiger partial charge in [0.2, 0.25) is 5.95 Å². The van der Waals surface area contributed by atoms with Gasteiger partial charge < -0.3 is 16.0 Å². The average Bonchev–Trinajstić information content (AvgIpc) is 2.53. The lowest BCUT2D eigenvalue weighted by Gasteiger charge is -2.24. The molecule has 5 nitrogen and oxygen atoms in total. The van der Waals surface area contributed by atoms with Crippen molar-refractivity contribution in [3.8, 4) is 0 Å². The van der Waals surface area contributed by atoms with Crippen LogP contribution in [-0.2, 0) is 0 Å². The summed E-state index contributed by atoms with van der Waals surface area (Å²) in [6, 6.07) is 9.78. The lowest BCUT2D eigenvalue weighted by Crippen LogP contribution is -2.38. The largest absolute Gasteiger partial charge is 0.363 e. The molecule has 3 N–H and O–H groups in total. The molecular weight excluding hydrogens is 269 g/mol. The van der Waals surface area contributed by atoms with Crippen molar-refractivity contribution in [2.24, 2.45) is 0 Å². The summed E-state index contributed by atoms with van der Waals surface area (Å²) in [6.45, 7) is 1.84. The number of rotatable bonds is 4. The second kappa shape index (κ2) is 6.49. The van der Waals surface area contributed by atoms with Crippen molar-refractivity contribution >= 4 is 17.5 Å². The Morgan fingerprint density at radius 1 is 1.24 bits per heavy atom. The predicted molar refractivity (Wildman–Crippen MR) is 81.2 cm³/mol. The molecule has 1 aromatic carbocycles. The maximum absolute atomic E-state index is 13.8. The molecule has 1 fully saturated rings. The zero-order chi connectivity index (χ0) is 14.5. The van der Waals surface area contributed by atoms with Gasteiger partial charge in [-0.25, -0.2) is 9.37 Å². The van der Waals surface area contributed by atoms with E-state index in [4.69, 9.17) is 0 Å². The highest BCUT2D eigenvalue weighted by molar-refractivity contribution is 5.54. The molecule has 1 unspecified atom stereocenters. The minimum Gasteiger partial charge on any atom is -0.363 e. The van der Waals surface area contributed by atoms with Crippen molar-refractivity contribution in [1.29, 1.82) is 0 Å². The molecule has 0 saturated carbocycles. The van der Waals surface area contributed by atoms with E-state index in [2.05, 4.69) is 25.9 Å². The Balaban J connectivity index is 1.73. The van der Waals surface area contributed by atoms with Gasteiger partial charge in [-0.05, 0) is 31.5 Å². The van der Waals surface area contributed by atoms with Gasteiger partial charge in [0, 0.05) is 18.3 Å². The highest BCUT2D eigenvalue weighted by Crippen LogP contribution is 2.18. The molecule has 0 bridgehead atoms. The maximum atomic E-state index is 13.8. The van der Waals surface area contributed by atoms with Gasteiger partial charge in [0.1, 0.15) is 0 Å². The fraction of sp³-hybridized carbons (Fsp3) is 0.333. The number of nitrogens with one attached hydrogen (secondary N) is 3. The summed E-state index contributed by atoms with van der Waals surface area (Å²) in [7, 11) is 0. The summed E-state index contributed by atoms with van der Waals surface area (Å²) in [5, 5.41) is 9.50. The molecule has 1 saturated heterocycles. The smallest absolute Gasteiger partial charge is 0.229 e. The van der Waals surface area contributed by atoms with Crippen LogP contribution in [0, 0.1) is 5.82 Å². The van der Waals surface area contributed by atoms with Gasteiger partial charge in [-0.2, -0.15) is 4.98 Å². The Hall–Kier alpha value is -2.21. The second-order valence-electron chi connectivity index (χ2n) is 5.07. The molecule has 2 aromatic rings. The van der Waals surface area contributed by atoms with E-state index in [9.17, 15) is 4.39 Å². The number of piperidine rings is 1. The molecule has 2 heterocycles. The predicted octanol–water partition coefficient (Wildman–Crippen LogP) is 2.52. The molecule has 6 heteroatoms. The second-order valence-corrected chi connectivity index (χ2v) is 5.07. The first-order valence-electron chi connectivity index (χ1n) is 7.13. The van der Waals surface area contributed by atoms with Crippen molar-refractivity contribution in [3.63, 3.8) is 0 Å². The number of anilines is 3. The lowest BCUT2D eigenvalue weighted by atomic mass is 10.1. The molecule has 1 aromatic heterocycles. The highest BCUT2D eigenvalue weighted by Gasteiger charge is 2.16. The van der Waals surface area contributed by atoms with Crippen molar-refractivity contribution < 1.29 is 4.39 Å². The van der Waals surface area contributed by atoms with Gasteiger partial charge in [0.25, 0.3) is 0 Å². The Bertz CT molecular complexity index is 584. The van der Waals surface area contributed by atoms with Gasteiger partial charge >= 0.3 is 0 Å². The molecule has 0 spiro atoms. The lowest BCUT2D eigenvalue weighted by molar-refractivity contribution is 0.476. The normalized spacial score (nSPS) is 18.2. The maximum Gasteiger partial charge on any atom is 0.229 e. The van der Waals surface area contributed by atoms with Crippen LogP contribution >= 0.6 is 0 Å². The van der Waals surface area contributed by atoms with Crippen LogP contribution in [0.5, 0.6) is 0 Å². The van der Waals surface area contributed by atoms with Gasteiger partial charge in [-0.1, -0.05) is 18.2 Å². The zero-order valence-corrected chi connectivity index (χ0v) is 11.6. The SMILES string of the molecule is Fc1cnc(Nc2ccccc2)nc1NC1CCCNC1. The first-order valence-corrected chi connectivity index (χ1v) is 7.13. The molecule has 3 rings (SSSR count). The molecule has 0 aliphatic carbocycles. The van der Waals surface area contributed by atoms with Crippen molar-refractivity contribution in [3.05, 3.63) is 42.3 Å². The van der Waals surface area contributed by atoms with Crippen LogP contribution in [-0.4, -0.2) is 29.1 Å². The monoisotopic (exact) mass is 287 g/mol. The molecule has 110 valence electrons. The molecule has 1 aliphatic rings. The number of benzene rings is 1. The van der Waals surface area contributed by atoms with Crippen molar-refractivity contribution in [2.75, 3.05) is 23.7 Å². The summed E-state index contributed by atoms with van der Waals surface area (Å²) in [6.07, 6.45) is 3.29. The Morgan fingerprint density at radius 2 is 2.10 bits per heavy atom. The van der Waals surface area contributed by atoms with Gasteiger partial charge in [-0.3, -0.25) is 0 Å². The zero-order valence-electron chi connectivity index (χ0n) is 11.6. The Morgan fingerprint density at radius 3 is 2.86 bits per heavy atom. The van der Waals surface area contributed by atoms with Crippen LogP contribution in [0.1, 0.15) is 12.8 Å². The van der Waals surface area contributed by atoms with E-state index in [1.165, 1.54) is 6.20 Å². The van der Waals surface area contributed by atoms with Crippen molar-refractivity contribution in [2.45, 2.75) is 18.9 Å². The van der Waals surface area contributed by atoms with Crippen LogP contribution in [0.15, 0.2) is 36.5 Å². The van der Waals surface area contributed by atoms with Gasteiger partial charge in [-0.15, -0.1) is 0 Å². The van der Waals surface area contributed by atoms with E-state index in [-0.39, 0.29) is 11.9 Å². The molecule has 21 heavy (non-hydrogen) atoms. The summed E-state index contributed by atoms with van der Waals surface area (Å²) in [5.41, 5.74) is 0.870. The van der Waals surface area contributed by atoms with Gasteiger partial charge in [0.05, 0.1) is 6.20 Å². The number of hydrogen-bond donors (Lipinski definition) is 3. The molecule has 0 radical (unpaired) electrons. The molecular formula is C15H18FN5. The quantitative estimate of drug-likeness (QED) is 0.806. The summed E-state index contributed by atoms with van der Waals surface area (Å²) >= 11 is 0. The summed E-state index contributed by atoms with van der Waals surface area (Å²) in [4.78, 5) is 8.20. The minimum atomic E-state index is -0.431. The summed E-state index contributed by atoms with van der Waals surface area (Å²) < 4.78 is 13.8. The number of hydrogen-bond acceptors (Lipinski definition) is 5. The van der Waals surface area contributed by atoms with E-state index in [0.29, 0.717) is 5.95 Å². The van der Waals surface area contributed by atoms with E-state index >= 15 is 0 Å². The Kier molecular flexibility index (Phi) is 4.25. The van der Waals surface area contributed by atoms with Crippen LogP contribution in [0.3, 0.4) is 0 Å². The summed E-state index contributed by atoms with van der Waals surface area (Å²) in [5.74, 6) is 0.199. The third-order valence-corrected chi connectivity index (χ3v) is 3.41. The van der Waals surface area contributed by atoms with Gasteiger partial charge in [0.15, 0.2) is 11.6 Å². The highest BCUT2D eigenvalue weighted by atomic mass is 19.1. The topological polar surface area (TPSA) is 61.9 Å². The third kappa shape index (κ3) is 3.66. The van der Waals surface area contributed by atoms with Crippen molar-refractivity contribution in [1.82, 2.24) is 15.3 Å². The Labute approximate surface area is 123 Å². The molecule has 1 atom stereocenters. The average molecular weight is 287 g/mol. The fourth-order valence-electron chi connectivity index (χ4n) is 2.35. The number of aromatic nitrogens is 2. The standard InChI is InChI=1S/C15H18FN5/c16-13-10-18-15(20-11-5-2-1-3-6-11)21-14(13)19-12-7-4-8-17-9-12/h1-3,5-6,10,12,17H,4,7-9H2,(H2,18,19,20,21). The molecule has 0 amide bonds.